The number of carboxylic acid groups (broad SMARTS) is 1. The number of aromatic nitrogens is 2. The van der Waals surface area contributed by atoms with Gasteiger partial charge in [-0.05, 0) is 137 Å². The van der Waals surface area contributed by atoms with E-state index in [9.17, 15) is 19.5 Å². The van der Waals surface area contributed by atoms with E-state index < -0.39 is 17.5 Å². The van der Waals surface area contributed by atoms with Crippen molar-refractivity contribution in [1.82, 2.24) is 14.9 Å². The molecule has 1 saturated heterocycles. The molecule has 12 heteroatoms. The van der Waals surface area contributed by atoms with Crippen LogP contribution in [0.1, 0.15) is 84.0 Å². The summed E-state index contributed by atoms with van der Waals surface area (Å²) >= 11 is 1.45. The summed E-state index contributed by atoms with van der Waals surface area (Å²) in [6.45, 7) is 10.4. The molecule has 0 radical (unpaired) electrons. The minimum atomic E-state index is -0.777. The summed E-state index contributed by atoms with van der Waals surface area (Å²) in [7, 11) is 0. The van der Waals surface area contributed by atoms with Gasteiger partial charge in [-0.3, -0.25) is 19.8 Å². The van der Waals surface area contributed by atoms with E-state index in [1.54, 1.807) is 0 Å². The number of ether oxygens (including phenoxy) is 2. The molecule has 3 aromatic carbocycles. The highest BCUT2D eigenvalue weighted by Gasteiger charge is 2.47. The number of aliphatic carboxylic acids is 1. The maximum atomic E-state index is 13.9. The lowest BCUT2D eigenvalue weighted by atomic mass is 9.61. The number of nitrogens with zero attached hydrogens (tertiary/aromatic N) is 4. The van der Waals surface area contributed by atoms with Gasteiger partial charge in [0.25, 0.3) is 5.91 Å². The second kappa shape index (κ2) is 15.0. The van der Waals surface area contributed by atoms with Crippen LogP contribution in [0.15, 0.2) is 72.8 Å². The molecule has 2 aromatic heterocycles. The first-order valence-electron chi connectivity index (χ1n) is 19.3. The Kier molecular flexibility index (Phi) is 10.0. The van der Waals surface area contributed by atoms with Gasteiger partial charge in [0.15, 0.2) is 10.8 Å². The topological polar surface area (TPSA) is 134 Å². The van der Waals surface area contributed by atoms with Gasteiger partial charge >= 0.3 is 11.9 Å². The van der Waals surface area contributed by atoms with Crippen molar-refractivity contribution in [3.63, 3.8) is 0 Å². The number of piperidine rings is 1. The van der Waals surface area contributed by atoms with Crippen LogP contribution in [-0.2, 0) is 22.5 Å². The van der Waals surface area contributed by atoms with Crippen LogP contribution < -0.4 is 15.0 Å². The lowest BCUT2D eigenvalue weighted by Gasteiger charge is -2.51. The number of para-hydroxylation sites is 1. The van der Waals surface area contributed by atoms with Gasteiger partial charge in [-0.15, -0.1) is 0 Å². The molecule has 3 aliphatic rings. The lowest BCUT2D eigenvalue weighted by molar-refractivity contribution is -0.139. The molecule has 290 valence electrons. The number of carbonyl (C=O) groups is 3. The molecule has 0 unspecified atom stereocenters. The van der Waals surface area contributed by atoms with Gasteiger partial charge in [-0.25, -0.2) is 14.8 Å². The third-order valence-electron chi connectivity index (χ3n) is 11.3. The van der Waals surface area contributed by atoms with Gasteiger partial charge in [0.1, 0.15) is 17.2 Å². The average molecular weight is 774 g/mol. The number of anilines is 2. The summed E-state index contributed by atoms with van der Waals surface area (Å²) in [5.74, 6) is -0.102. The Morgan fingerprint density at radius 1 is 0.929 bits per heavy atom. The SMILES string of the molecule is Cc1c(OC2CC3(CCN(CC(=O)O)CC3)C2)cccc1-c1ccc(N2CCc3cccc(C(=O)Nc4nc5ccccc5s4)c3C2)nc1C(=O)OC(C)(C)C. The van der Waals surface area contributed by atoms with Gasteiger partial charge in [-0.1, -0.05) is 47.7 Å². The van der Waals surface area contributed by atoms with Crippen molar-refractivity contribution in [3.05, 3.63) is 101 Å². The van der Waals surface area contributed by atoms with Crippen LogP contribution in [0.5, 0.6) is 5.75 Å². The number of rotatable bonds is 9. The fraction of sp³-hybridized carbons (Fsp3) is 0.386. The fourth-order valence-corrected chi connectivity index (χ4v) is 9.25. The molecule has 56 heavy (non-hydrogen) atoms. The van der Waals surface area contributed by atoms with Crippen LogP contribution in [0.25, 0.3) is 21.3 Å². The molecule has 8 rings (SSSR count). The normalized spacial score (nSPS) is 17.0. The van der Waals surface area contributed by atoms with Crippen LogP contribution in [0.2, 0.25) is 0 Å². The van der Waals surface area contributed by atoms with Crippen molar-refractivity contribution in [1.29, 1.82) is 0 Å². The molecule has 1 aliphatic carbocycles. The molecular formula is C44H47N5O6S. The number of esters is 1. The van der Waals surface area contributed by atoms with Gasteiger partial charge in [0.05, 0.1) is 22.9 Å². The molecule has 2 N–H and O–H groups in total. The number of hydrogen-bond donors (Lipinski definition) is 2. The molecule has 2 aliphatic heterocycles. The molecule has 2 fully saturated rings. The molecule has 1 spiro atoms. The molecule has 1 amide bonds. The Morgan fingerprint density at radius 3 is 2.45 bits per heavy atom. The molecule has 1 saturated carbocycles. The van der Waals surface area contributed by atoms with Gasteiger partial charge in [0, 0.05) is 24.2 Å². The van der Waals surface area contributed by atoms with E-state index in [1.807, 2.05) is 99.3 Å². The number of benzene rings is 3. The first-order valence-corrected chi connectivity index (χ1v) is 20.1. The molecule has 0 bridgehead atoms. The zero-order valence-corrected chi connectivity index (χ0v) is 33.1. The number of hydrogen-bond acceptors (Lipinski definition) is 10. The maximum Gasteiger partial charge on any atom is 0.358 e. The molecule has 5 aromatic rings. The van der Waals surface area contributed by atoms with Crippen LogP contribution in [0.3, 0.4) is 0 Å². The number of fused-ring (bicyclic) bond motifs is 2. The Labute approximate surface area is 330 Å². The van der Waals surface area contributed by atoms with E-state index in [1.165, 1.54) is 11.3 Å². The second-order valence-corrected chi connectivity index (χ2v) is 17.4. The predicted molar refractivity (Wildman–Crippen MR) is 218 cm³/mol. The molecule has 4 heterocycles. The standard InChI is InChI=1S/C44H47N5O6S/c1-27-30(10-8-13-35(27)54-29-23-44(24-29)18-21-48(22-19-44)26-38(50)51)31-15-16-37(46-39(31)41(53)55-43(2,3)4)49-20-17-28-9-7-11-32(33(28)25-49)40(52)47-42-45-34-12-5-6-14-36(34)56-42/h5-16,29H,17-26H2,1-4H3,(H,50,51)(H,45,47,52). The average Bonchev–Trinajstić information content (AvgIpc) is 3.56. The third-order valence-corrected chi connectivity index (χ3v) is 12.2. The number of likely N-dealkylation sites (tertiary alicyclic amines) is 1. The van der Waals surface area contributed by atoms with Crippen molar-refractivity contribution in [3.8, 4) is 16.9 Å². The summed E-state index contributed by atoms with van der Waals surface area (Å²) in [4.78, 5) is 52.5. The Morgan fingerprint density at radius 2 is 1.70 bits per heavy atom. The Bertz CT molecular complexity index is 2280. The van der Waals surface area contributed by atoms with Crippen molar-refractivity contribution >= 4 is 50.3 Å². The highest BCUT2D eigenvalue weighted by atomic mass is 32.1. The number of nitrogens with one attached hydrogen (secondary N) is 1. The number of carboxylic acids is 1. The fourth-order valence-electron chi connectivity index (χ4n) is 8.39. The smallest absolute Gasteiger partial charge is 0.358 e. The van der Waals surface area contributed by atoms with E-state index in [0.717, 1.165) is 77.0 Å². The predicted octanol–water partition coefficient (Wildman–Crippen LogP) is 8.15. The van der Waals surface area contributed by atoms with E-state index in [2.05, 4.69) is 21.3 Å². The second-order valence-electron chi connectivity index (χ2n) is 16.4. The van der Waals surface area contributed by atoms with E-state index in [0.29, 0.717) is 41.6 Å². The van der Waals surface area contributed by atoms with Crippen LogP contribution in [0, 0.1) is 12.3 Å². The van der Waals surface area contributed by atoms with E-state index in [4.69, 9.17) is 14.5 Å². The Balaban J connectivity index is 1.03. The maximum absolute atomic E-state index is 13.9. The summed E-state index contributed by atoms with van der Waals surface area (Å²) in [5, 5.41) is 12.8. The Hall–Kier alpha value is -5.33. The van der Waals surface area contributed by atoms with Gasteiger partial charge in [-0.2, -0.15) is 0 Å². The van der Waals surface area contributed by atoms with Crippen LogP contribution >= 0.6 is 11.3 Å². The lowest BCUT2D eigenvalue weighted by Crippen LogP contribution is -2.51. The zero-order valence-electron chi connectivity index (χ0n) is 32.3. The largest absolute Gasteiger partial charge is 0.490 e. The van der Waals surface area contributed by atoms with Gasteiger partial charge in [0.2, 0.25) is 0 Å². The van der Waals surface area contributed by atoms with Crippen molar-refractivity contribution in [2.75, 3.05) is 36.4 Å². The van der Waals surface area contributed by atoms with Gasteiger partial charge < -0.3 is 19.5 Å². The van der Waals surface area contributed by atoms with E-state index >= 15 is 0 Å². The highest BCUT2D eigenvalue weighted by Crippen LogP contribution is 2.51. The summed E-state index contributed by atoms with van der Waals surface area (Å²) in [6.07, 6.45) is 4.65. The highest BCUT2D eigenvalue weighted by molar-refractivity contribution is 7.22. The summed E-state index contributed by atoms with van der Waals surface area (Å²) < 4.78 is 13.5. The third kappa shape index (κ3) is 7.85. The monoisotopic (exact) mass is 773 g/mol. The van der Waals surface area contributed by atoms with Crippen molar-refractivity contribution in [2.45, 2.75) is 78.0 Å². The summed E-state index contributed by atoms with van der Waals surface area (Å²) in [5.41, 5.74) is 5.59. The first kappa shape index (κ1) is 37.6. The van der Waals surface area contributed by atoms with Crippen LogP contribution in [0.4, 0.5) is 10.9 Å². The quantitative estimate of drug-likeness (QED) is 0.141. The zero-order chi connectivity index (χ0) is 39.2. The number of thiazole rings is 1. The first-order chi connectivity index (χ1) is 26.8. The number of amides is 1. The van der Waals surface area contributed by atoms with Crippen molar-refractivity contribution in [2.24, 2.45) is 5.41 Å². The van der Waals surface area contributed by atoms with Crippen LogP contribution in [-0.4, -0.2) is 75.7 Å². The number of carbonyl (C=O) groups excluding carboxylic acids is 2. The molecular weight excluding hydrogens is 727 g/mol. The summed E-state index contributed by atoms with van der Waals surface area (Å²) in [6, 6.07) is 23.4. The minimum Gasteiger partial charge on any atom is -0.490 e. The molecule has 11 nitrogen and oxygen atoms in total. The number of pyridine rings is 1. The molecule has 0 atom stereocenters. The van der Waals surface area contributed by atoms with E-state index in [-0.39, 0.29) is 29.7 Å². The van der Waals surface area contributed by atoms with Crippen molar-refractivity contribution < 1.29 is 29.0 Å². The minimum absolute atomic E-state index is 0.0796.